The van der Waals surface area contributed by atoms with Crippen LogP contribution in [0.5, 0.6) is 0 Å². The van der Waals surface area contributed by atoms with E-state index in [-0.39, 0.29) is 49.0 Å². The predicted octanol–water partition coefficient (Wildman–Crippen LogP) is 0.536. The number of nitrogens with one attached hydrogen (secondary N) is 3. The SMILES string of the molecule is CC(C)CC(=O)NCCNC(=O)C(C)(C)CC(C)(S)C(=O)O.CNC(CSC1CC(=O)N(C(C)(C)CCO)C1=O)C(N)=O. The van der Waals surface area contributed by atoms with Crippen LogP contribution in [0.4, 0.5) is 0 Å². The molecule has 43 heavy (non-hydrogen) atoms. The number of primary amides is 1. The van der Waals surface area contributed by atoms with Gasteiger partial charge in [-0.05, 0) is 46.6 Å². The van der Waals surface area contributed by atoms with Gasteiger partial charge in [-0.25, -0.2) is 0 Å². The number of aliphatic hydroxyl groups excluding tert-OH is 1. The van der Waals surface area contributed by atoms with E-state index in [0.717, 1.165) is 0 Å². The molecule has 15 heteroatoms. The van der Waals surface area contributed by atoms with E-state index in [9.17, 15) is 28.8 Å². The number of likely N-dealkylation sites (tertiary alicyclic amines) is 1. The van der Waals surface area contributed by atoms with E-state index in [1.54, 1.807) is 34.7 Å². The first kappa shape index (κ1) is 40.6. The minimum atomic E-state index is -1.27. The van der Waals surface area contributed by atoms with Crippen LogP contribution in [-0.2, 0) is 28.8 Å². The molecule has 3 unspecified atom stereocenters. The van der Waals surface area contributed by atoms with Crippen molar-refractivity contribution in [3.63, 3.8) is 0 Å². The van der Waals surface area contributed by atoms with Gasteiger partial charge < -0.3 is 31.9 Å². The number of rotatable bonds is 17. The van der Waals surface area contributed by atoms with Crippen LogP contribution in [-0.4, -0.2) is 105 Å². The fourth-order valence-corrected chi connectivity index (χ4v) is 6.01. The summed E-state index contributed by atoms with van der Waals surface area (Å²) in [5.41, 5.74) is 3.66. The highest BCUT2D eigenvalue weighted by Crippen LogP contribution is 2.33. The number of nitrogens with zero attached hydrogens (tertiary/aromatic N) is 1. The van der Waals surface area contributed by atoms with Gasteiger partial charge >= 0.3 is 5.97 Å². The number of likely N-dealkylation sites (N-methyl/N-ethyl adjacent to an activating group) is 1. The Morgan fingerprint density at radius 3 is 2.12 bits per heavy atom. The van der Waals surface area contributed by atoms with Gasteiger partial charge in [0.2, 0.25) is 29.5 Å². The van der Waals surface area contributed by atoms with E-state index < -0.39 is 38.9 Å². The average molecular weight is 650 g/mol. The third-order valence-electron chi connectivity index (χ3n) is 6.78. The number of hydrogen-bond acceptors (Lipinski definition) is 10. The quantitative estimate of drug-likeness (QED) is 0.0661. The lowest BCUT2D eigenvalue weighted by atomic mass is 9.82. The van der Waals surface area contributed by atoms with Gasteiger partial charge in [-0.1, -0.05) is 27.7 Å². The summed E-state index contributed by atoms with van der Waals surface area (Å²) in [6, 6.07) is -0.530. The molecule has 0 aromatic heterocycles. The van der Waals surface area contributed by atoms with E-state index in [1.807, 2.05) is 13.8 Å². The Morgan fingerprint density at radius 1 is 1.09 bits per heavy atom. The van der Waals surface area contributed by atoms with Gasteiger partial charge in [0.15, 0.2) is 0 Å². The van der Waals surface area contributed by atoms with Crippen molar-refractivity contribution in [1.82, 2.24) is 20.9 Å². The zero-order valence-electron chi connectivity index (χ0n) is 26.6. The third kappa shape index (κ3) is 13.9. The molecule has 1 fully saturated rings. The second-order valence-electron chi connectivity index (χ2n) is 12.5. The number of nitrogens with two attached hydrogens (primary N) is 1. The highest BCUT2D eigenvalue weighted by atomic mass is 32.2. The van der Waals surface area contributed by atoms with Gasteiger partial charge in [0.1, 0.15) is 4.75 Å². The summed E-state index contributed by atoms with van der Waals surface area (Å²) in [6.45, 7) is 12.8. The van der Waals surface area contributed by atoms with Crippen LogP contribution in [0.3, 0.4) is 0 Å². The monoisotopic (exact) mass is 649 g/mol. The normalized spacial score (nSPS) is 17.6. The van der Waals surface area contributed by atoms with Crippen molar-refractivity contribution in [3.05, 3.63) is 0 Å². The largest absolute Gasteiger partial charge is 0.480 e. The highest BCUT2D eigenvalue weighted by Gasteiger charge is 2.46. The van der Waals surface area contributed by atoms with E-state index >= 15 is 0 Å². The first-order chi connectivity index (χ1) is 19.6. The maximum absolute atomic E-state index is 12.4. The fourth-order valence-electron chi connectivity index (χ4n) is 4.35. The van der Waals surface area contributed by atoms with Crippen LogP contribution >= 0.6 is 24.4 Å². The molecule has 0 bridgehead atoms. The van der Waals surface area contributed by atoms with Gasteiger partial charge in [0.05, 0.1) is 11.3 Å². The Bertz CT molecular complexity index is 1000. The third-order valence-corrected chi connectivity index (χ3v) is 8.42. The molecule has 0 aromatic carbocycles. The van der Waals surface area contributed by atoms with Gasteiger partial charge in [-0.15, -0.1) is 11.8 Å². The van der Waals surface area contributed by atoms with Crippen molar-refractivity contribution in [2.24, 2.45) is 17.1 Å². The molecule has 13 nitrogen and oxygen atoms in total. The Balaban J connectivity index is 0.000000821. The van der Waals surface area contributed by atoms with Crippen molar-refractivity contribution >= 4 is 59.9 Å². The molecule has 0 saturated carbocycles. The van der Waals surface area contributed by atoms with Crippen molar-refractivity contribution in [1.29, 1.82) is 0 Å². The van der Waals surface area contributed by atoms with Gasteiger partial charge in [-0.2, -0.15) is 12.6 Å². The molecular formula is C28H51N5O8S2. The summed E-state index contributed by atoms with van der Waals surface area (Å²) in [4.78, 5) is 71.5. The number of thiol groups is 1. The Labute approximate surface area is 264 Å². The minimum Gasteiger partial charge on any atom is -0.480 e. The molecule has 5 amide bonds. The summed E-state index contributed by atoms with van der Waals surface area (Å²) in [5, 5.41) is 25.9. The molecule has 0 aliphatic carbocycles. The van der Waals surface area contributed by atoms with Crippen molar-refractivity contribution in [2.75, 3.05) is 32.5 Å². The second-order valence-corrected chi connectivity index (χ2v) is 14.7. The van der Waals surface area contributed by atoms with Gasteiger partial charge in [-0.3, -0.25) is 33.7 Å². The molecule has 1 aliphatic heterocycles. The van der Waals surface area contributed by atoms with Crippen LogP contribution < -0.4 is 21.7 Å². The minimum absolute atomic E-state index is 0.0441. The number of imide groups is 1. The number of aliphatic hydroxyl groups is 1. The Hall–Kier alpha value is -2.36. The number of carbonyl (C=O) groups is 6. The zero-order chi connectivity index (χ0) is 33.8. The van der Waals surface area contributed by atoms with Crippen LogP contribution in [0.25, 0.3) is 0 Å². The maximum atomic E-state index is 12.4. The number of carboxylic acids is 1. The average Bonchev–Trinajstić information content (AvgIpc) is 3.14. The van der Waals surface area contributed by atoms with Crippen molar-refractivity contribution < 1.29 is 39.0 Å². The molecule has 1 heterocycles. The smallest absolute Gasteiger partial charge is 0.319 e. The van der Waals surface area contributed by atoms with Crippen LogP contribution in [0, 0.1) is 11.3 Å². The molecule has 1 aliphatic rings. The summed E-state index contributed by atoms with van der Waals surface area (Å²) >= 11 is 5.36. The topological polar surface area (TPSA) is 208 Å². The molecule has 248 valence electrons. The van der Waals surface area contributed by atoms with E-state index in [4.69, 9.17) is 15.9 Å². The second kappa shape index (κ2) is 17.8. The number of hydrogen-bond donors (Lipinski definition) is 7. The predicted molar refractivity (Wildman–Crippen MR) is 169 cm³/mol. The Kier molecular flexibility index (Phi) is 16.8. The lowest BCUT2D eigenvalue weighted by Crippen LogP contribution is -2.48. The summed E-state index contributed by atoms with van der Waals surface area (Å²) in [7, 11) is 1.62. The Morgan fingerprint density at radius 2 is 1.65 bits per heavy atom. The number of carbonyl (C=O) groups excluding carboxylic acids is 5. The number of aliphatic carboxylic acids is 1. The standard InChI is InChI=1S/C15H28N2O4S.C13H23N3O4S/c1-10(2)8-11(18)16-6-7-17-12(19)14(3,4)9-15(5,22)13(20)21;1-13(2,4-5-17)16-10(18)6-9(12(16)20)21-7-8(15-3)11(14)19/h10,22H,6-9H2,1-5H3,(H,16,18)(H,17,19)(H,20,21);8-9,15,17H,4-7H2,1-3H3,(H2,14,19). The van der Waals surface area contributed by atoms with E-state index in [1.165, 1.54) is 23.6 Å². The molecule has 0 radical (unpaired) electrons. The highest BCUT2D eigenvalue weighted by molar-refractivity contribution is 8.00. The zero-order valence-corrected chi connectivity index (χ0v) is 28.3. The number of amides is 5. The van der Waals surface area contributed by atoms with Crippen molar-refractivity contribution in [2.45, 2.75) is 95.7 Å². The first-order valence-electron chi connectivity index (χ1n) is 14.2. The molecule has 0 spiro atoms. The lowest BCUT2D eigenvalue weighted by molar-refractivity contribution is -0.145. The summed E-state index contributed by atoms with van der Waals surface area (Å²) in [6.07, 6.45) is 1.01. The molecule has 7 N–H and O–H groups in total. The molecule has 3 atom stereocenters. The van der Waals surface area contributed by atoms with E-state index in [2.05, 4.69) is 28.6 Å². The van der Waals surface area contributed by atoms with Crippen molar-refractivity contribution in [3.8, 4) is 0 Å². The fraction of sp³-hybridized carbons (Fsp3) is 0.786. The lowest BCUT2D eigenvalue weighted by Gasteiger charge is -2.33. The van der Waals surface area contributed by atoms with Crippen LogP contribution in [0.15, 0.2) is 0 Å². The summed E-state index contributed by atoms with van der Waals surface area (Å²) in [5.74, 6) is -1.72. The molecule has 1 saturated heterocycles. The first-order valence-corrected chi connectivity index (χ1v) is 15.7. The van der Waals surface area contributed by atoms with Gasteiger partial charge in [0, 0.05) is 49.2 Å². The molecule has 1 rings (SSSR count). The molecular weight excluding hydrogens is 598 g/mol. The van der Waals surface area contributed by atoms with Crippen LogP contribution in [0.1, 0.15) is 74.1 Å². The van der Waals surface area contributed by atoms with E-state index in [0.29, 0.717) is 31.7 Å². The number of carboxylic acid groups (broad SMARTS) is 1. The molecule has 0 aromatic rings. The maximum Gasteiger partial charge on any atom is 0.319 e. The van der Waals surface area contributed by atoms with Crippen LogP contribution in [0.2, 0.25) is 0 Å². The number of thioether (sulfide) groups is 1. The summed E-state index contributed by atoms with van der Waals surface area (Å²) < 4.78 is -1.27. The van der Waals surface area contributed by atoms with Gasteiger partial charge in [0.25, 0.3) is 0 Å².